The highest BCUT2D eigenvalue weighted by Crippen LogP contribution is 2.77. The minimum Gasteiger partial charge on any atom is -0.465 e. The zero-order valence-electron chi connectivity index (χ0n) is 30.2. The first kappa shape index (κ1) is 34.0. The van der Waals surface area contributed by atoms with E-state index in [0.29, 0.717) is 42.1 Å². The molecule has 7 nitrogen and oxygen atoms in total. The van der Waals surface area contributed by atoms with E-state index < -0.39 is 5.41 Å². The monoisotopic (exact) mass is 638 g/mol. The van der Waals surface area contributed by atoms with Crippen LogP contribution in [0.15, 0.2) is 12.2 Å². The van der Waals surface area contributed by atoms with Crippen molar-refractivity contribution in [3.8, 4) is 0 Å². The van der Waals surface area contributed by atoms with Crippen molar-refractivity contribution in [1.29, 1.82) is 0 Å². The Morgan fingerprint density at radius 1 is 0.761 bits per heavy atom. The Bertz CT molecular complexity index is 1260. The van der Waals surface area contributed by atoms with Crippen LogP contribution in [0.2, 0.25) is 0 Å². The fourth-order valence-electron chi connectivity index (χ4n) is 13.5. The molecule has 1 saturated heterocycles. The Morgan fingerprint density at radius 2 is 1.46 bits per heavy atom. The number of piperazine rings is 1. The molecule has 0 aromatic carbocycles. The minimum absolute atomic E-state index is 0.0557. The molecule has 5 aliphatic carbocycles. The number of hydrogen-bond donors (Lipinski definition) is 0. The molecule has 5 saturated carbocycles. The van der Waals surface area contributed by atoms with Gasteiger partial charge in [0.05, 0.1) is 5.41 Å². The van der Waals surface area contributed by atoms with Gasteiger partial charge >= 0.3 is 11.9 Å². The first-order chi connectivity index (χ1) is 21.5. The summed E-state index contributed by atoms with van der Waals surface area (Å²) in [5.41, 5.74) is 0.936. The number of fused-ring (bicyclic) bond motifs is 7. The second-order valence-electron chi connectivity index (χ2n) is 17.9. The normalized spacial score (nSPS) is 47.1. The van der Waals surface area contributed by atoms with E-state index in [1.54, 1.807) is 0 Å². The number of nitrogens with zero attached hydrogens (tertiary/aromatic N) is 2. The summed E-state index contributed by atoms with van der Waals surface area (Å²) in [6, 6.07) is 0. The largest absolute Gasteiger partial charge is 0.465 e. The van der Waals surface area contributed by atoms with Gasteiger partial charge in [-0.15, -0.1) is 0 Å². The van der Waals surface area contributed by atoms with Crippen LogP contribution < -0.4 is 0 Å². The molecule has 4 unspecified atom stereocenters. The van der Waals surface area contributed by atoms with E-state index in [1.165, 1.54) is 32.3 Å². The van der Waals surface area contributed by atoms with Gasteiger partial charge in [0.25, 0.3) is 0 Å². The molecule has 11 atom stereocenters. The highest BCUT2D eigenvalue weighted by atomic mass is 16.6. The van der Waals surface area contributed by atoms with Crippen molar-refractivity contribution in [2.45, 2.75) is 119 Å². The molecule has 0 radical (unpaired) electrons. The maximum absolute atomic E-state index is 14.7. The standard InChI is InChI=1S/C39H62N2O5/c1-25(2)28-12-17-39(34(44)41-22-20-40(9)21-23-41)19-18-37(7)29(33(28)39)10-11-31-35(5)15-14-32(46-27(4)43)36(6,24-45-26(3)42)30(35)13-16-38(31,37)8/h28-33H,1,10-24H2,2-9H3/t28-,29?,30?,31?,32-,33?,35-,36-,37+,38+,39-/m0/s1. The number of allylic oxidation sites excluding steroid dienone is 1. The Labute approximate surface area is 278 Å². The van der Waals surface area contributed by atoms with E-state index in [1.807, 2.05) is 0 Å². The number of carbonyl (C=O) groups excluding carboxylic acids is 3. The summed E-state index contributed by atoms with van der Waals surface area (Å²) in [6.07, 6.45) is 10.3. The maximum Gasteiger partial charge on any atom is 0.302 e. The molecule has 1 amide bonds. The fraction of sp³-hybridized carbons (Fsp3) is 0.872. The zero-order chi connectivity index (χ0) is 33.4. The molecule has 6 fully saturated rings. The zero-order valence-corrected chi connectivity index (χ0v) is 30.2. The van der Waals surface area contributed by atoms with Gasteiger partial charge in [0.1, 0.15) is 12.7 Å². The van der Waals surface area contributed by atoms with Crippen LogP contribution in [0, 0.1) is 56.7 Å². The first-order valence-corrected chi connectivity index (χ1v) is 18.5. The van der Waals surface area contributed by atoms with Gasteiger partial charge in [-0.25, -0.2) is 0 Å². The summed E-state index contributed by atoms with van der Waals surface area (Å²) in [4.78, 5) is 43.6. The summed E-state index contributed by atoms with van der Waals surface area (Å²) in [5, 5.41) is 0. The highest BCUT2D eigenvalue weighted by molar-refractivity contribution is 5.84. The number of hydrogen-bond acceptors (Lipinski definition) is 6. The predicted octanol–water partition coefficient (Wildman–Crippen LogP) is 6.89. The van der Waals surface area contributed by atoms with Gasteiger partial charge in [-0.05, 0) is 124 Å². The highest BCUT2D eigenvalue weighted by Gasteiger charge is 2.72. The average molecular weight is 639 g/mol. The van der Waals surface area contributed by atoms with Crippen molar-refractivity contribution in [3.05, 3.63) is 12.2 Å². The summed E-state index contributed by atoms with van der Waals surface area (Å²) in [7, 11) is 2.16. The molecule has 0 aromatic heterocycles. The molecule has 0 N–H and O–H groups in total. The van der Waals surface area contributed by atoms with Crippen molar-refractivity contribution in [1.82, 2.24) is 9.80 Å². The Kier molecular flexibility index (Phi) is 8.59. The van der Waals surface area contributed by atoms with Gasteiger partial charge in [-0.2, -0.15) is 0 Å². The third kappa shape index (κ3) is 4.85. The van der Waals surface area contributed by atoms with Crippen LogP contribution in [0.5, 0.6) is 0 Å². The number of rotatable bonds is 5. The van der Waals surface area contributed by atoms with Gasteiger partial charge < -0.3 is 19.3 Å². The lowest BCUT2D eigenvalue weighted by Crippen LogP contribution is -2.68. The van der Waals surface area contributed by atoms with Crippen molar-refractivity contribution < 1.29 is 23.9 Å². The van der Waals surface area contributed by atoms with Crippen LogP contribution in [0.3, 0.4) is 0 Å². The maximum atomic E-state index is 14.7. The quantitative estimate of drug-likeness (QED) is 0.241. The van der Waals surface area contributed by atoms with Crippen molar-refractivity contribution in [2.75, 3.05) is 39.8 Å². The molecule has 6 rings (SSSR count). The molecule has 1 aliphatic heterocycles. The molecule has 46 heavy (non-hydrogen) atoms. The van der Waals surface area contributed by atoms with Crippen LogP contribution in [0.1, 0.15) is 113 Å². The van der Waals surface area contributed by atoms with Crippen LogP contribution in [0.4, 0.5) is 0 Å². The van der Waals surface area contributed by atoms with Gasteiger partial charge in [0, 0.05) is 45.4 Å². The SMILES string of the molecule is C=C(C)[C@@H]1CC[C@]2(C(=O)N3CCN(C)CC3)CC[C@]3(C)C(CCC4[C@@]5(C)CC[C@H](OC(C)=O)[C@@](C)(COC(C)=O)C5CC[C@]43C)C12. The number of likely N-dealkylation sites (N-methyl/N-ethyl adjacent to an activating group) is 1. The van der Waals surface area contributed by atoms with Crippen LogP contribution in [-0.4, -0.2) is 73.6 Å². The Balaban J connectivity index is 1.34. The van der Waals surface area contributed by atoms with E-state index in [4.69, 9.17) is 9.47 Å². The van der Waals surface area contributed by atoms with E-state index in [9.17, 15) is 14.4 Å². The molecule has 0 bridgehead atoms. The Hall–Kier alpha value is -1.89. The second-order valence-corrected chi connectivity index (χ2v) is 17.9. The average Bonchev–Trinajstić information content (AvgIpc) is 3.39. The second kappa shape index (κ2) is 11.6. The van der Waals surface area contributed by atoms with Gasteiger partial charge in [-0.1, -0.05) is 39.8 Å². The van der Waals surface area contributed by atoms with Crippen LogP contribution in [0.25, 0.3) is 0 Å². The molecular formula is C39H62N2O5. The molecule has 1 heterocycles. The molecular weight excluding hydrogens is 576 g/mol. The summed E-state index contributed by atoms with van der Waals surface area (Å²) < 4.78 is 11.7. The van der Waals surface area contributed by atoms with Crippen LogP contribution >= 0.6 is 0 Å². The van der Waals surface area contributed by atoms with Crippen molar-refractivity contribution >= 4 is 17.8 Å². The fourth-order valence-corrected chi connectivity index (χ4v) is 13.5. The molecule has 0 aromatic rings. The third-order valence-electron chi connectivity index (χ3n) is 15.9. The summed E-state index contributed by atoms with van der Waals surface area (Å²) in [6.45, 7) is 23.6. The first-order valence-electron chi connectivity index (χ1n) is 18.5. The summed E-state index contributed by atoms with van der Waals surface area (Å²) in [5.74, 6) is 2.04. The number of ether oxygens (including phenoxy) is 2. The lowest BCUT2D eigenvalue weighted by Gasteiger charge is -2.73. The third-order valence-corrected chi connectivity index (χ3v) is 15.9. The van der Waals surface area contributed by atoms with Gasteiger partial charge in [0.2, 0.25) is 5.91 Å². The number of esters is 2. The van der Waals surface area contributed by atoms with Crippen LogP contribution in [-0.2, 0) is 23.9 Å². The molecule has 6 aliphatic rings. The van der Waals surface area contributed by atoms with Gasteiger partial charge in [0.15, 0.2) is 0 Å². The van der Waals surface area contributed by atoms with E-state index in [0.717, 1.165) is 77.5 Å². The van der Waals surface area contributed by atoms with E-state index >= 15 is 0 Å². The predicted molar refractivity (Wildman–Crippen MR) is 180 cm³/mol. The Morgan fingerprint density at radius 3 is 2.09 bits per heavy atom. The lowest BCUT2D eigenvalue weighted by atomic mass is 9.32. The molecule has 7 heteroatoms. The minimum atomic E-state index is -0.420. The van der Waals surface area contributed by atoms with Crippen molar-refractivity contribution in [2.24, 2.45) is 56.7 Å². The van der Waals surface area contributed by atoms with E-state index in [2.05, 4.69) is 58.0 Å². The van der Waals surface area contributed by atoms with Crippen molar-refractivity contribution in [3.63, 3.8) is 0 Å². The van der Waals surface area contributed by atoms with E-state index in [-0.39, 0.29) is 39.7 Å². The number of amides is 1. The molecule has 0 spiro atoms. The lowest BCUT2D eigenvalue weighted by molar-refractivity contribution is -0.257. The summed E-state index contributed by atoms with van der Waals surface area (Å²) >= 11 is 0. The van der Waals surface area contributed by atoms with Gasteiger partial charge in [-0.3, -0.25) is 14.4 Å². The number of carbonyl (C=O) groups is 3. The smallest absolute Gasteiger partial charge is 0.302 e. The molecule has 258 valence electrons. The topological polar surface area (TPSA) is 76.2 Å².